The molecule has 0 saturated heterocycles. The zero-order valence-electron chi connectivity index (χ0n) is 16.7. The number of aliphatic carboxylic acids is 2. The largest absolute Gasteiger partial charge is 0.481 e. The van der Waals surface area contributed by atoms with Crippen LogP contribution in [0.1, 0.15) is 25.5 Å². The van der Waals surface area contributed by atoms with Crippen LogP contribution >= 0.6 is 0 Å². The number of carbonyl (C=O) groups excluding carboxylic acids is 3. The predicted molar refractivity (Wildman–Crippen MR) is 103 cm³/mol. The Bertz CT molecular complexity index is 784. The molecule has 4 unspecified atom stereocenters. The van der Waals surface area contributed by atoms with E-state index in [1.807, 2.05) is 5.32 Å². The summed E-state index contributed by atoms with van der Waals surface area (Å²) < 4.78 is 0. The fourth-order valence-corrected chi connectivity index (χ4v) is 2.40. The Hall–Kier alpha value is -3.52. The second kappa shape index (κ2) is 12.2. The van der Waals surface area contributed by atoms with Crippen molar-refractivity contribution in [1.82, 2.24) is 25.9 Å². The molecule has 1 rings (SSSR count). The van der Waals surface area contributed by atoms with Gasteiger partial charge in [0, 0.05) is 24.7 Å². The van der Waals surface area contributed by atoms with Gasteiger partial charge in [0.15, 0.2) is 0 Å². The molecule has 0 radical (unpaired) electrons. The van der Waals surface area contributed by atoms with Gasteiger partial charge in [-0.3, -0.25) is 19.2 Å². The van der Waals surface area contributed by atoms with Gasteiger partial charge in [0.25, 0.3) is 0 Å². The van der Waals surface area contributed by atoms with Gasteiger partial charge >= 0.3 is 11.9 Å². The Morgan fingerprint density at radius 3 is 2.23 bits per heavy atom. The van der Waals surface area contributed by atoms with E-state index in [-0.39, 0.29) is 12.8 Å². The van der Waals surface area contributed by atoms with E-state index in [1.54, 1.807) is 0 Å². The summed E-state index contributed by atoms with van der Waals surface area (Å²) >= 11 is 0. The topological polar surface area (TPSA) is 237 Å². The first-order valence-corrected chi connectivity index (χ1v) is 9.24. The number of aromatic amines is 1. The van der Waals surface area contributed by atoms with Gasteiger partial charge in [0.1, 0.15) is 18.1 Å². The van der Waals surface area contributed by atoms with E-state index < -0.39 is 66.9 Å². The van der Waals surface area contributed by atoms with Gasteiger partial charge < -0.3 is 42.0 Å². The van der Waals surface area contributed by atoms with Gasteiger partial charge in [-0.15, -0.1) is 0 Å². The number of nitrogens with zero attached hydrogens (tertiary/aromatic N) is 1. The number of aliphatic hydroxyl groups excluding tert-OH is 1. The summed E-state index contributed by atoms with van der Waals surface area (Å²) in [5, 5.41) is 33.4. The first-order valence-electron chi connectivity index (χ1n) is 9.24. The number of carboxylic acids is 2. The summed E-state index contributed by atoms with van der Waals surface area (Å²) in [5.74, 6) is -5.20. The predicted octanol–water partition coefficient (Wildman–Crippen LogP) is -3.30. The van der Waals surface area contributed by atoms with Crippen molar-refractivity contribution in [2.45, 2.75) is 50.4 Å². The van der Waals surface area contributed by atoms with Crippen LogP contribution in [-0.4, -0.2) is 85.7 Å². The summed E-state index contributed by atoms with van der Waals surface area (Å²) in [6.07, 6.45) is 2.22. The number of hydrogen-bond donors (Lipinski definition) is 8. The van der Waals surface area contributed by atoms with Gasteiger partial charge in [0.2, 0.25) is 17.7 Å². The number of hydrogen-bond acceptors (Lipinski definition) is 8. The van der Waals surface area contributed by atoms with Crippen molar-refractivity contribution in [3.05, 3.63) is 18.2 Å². The molecule has 14 heteroatoms. The van der Waals surface area contributed by atoms with E-state index in [4.69, 9.17) is 21.1 Å². The molecule has 1 aromatic heterocycles. The molecule has 172 valence electrons. The number of rotatable bonds is 13. The Labute approximate surface area is 176 Å². The smallest absolute Gasteiger partial charge is 0.328 e. The van der Waals surface area contributed by atoms with Crippen molar-refractivity contribution in [2.24, 2.45) is 5.73 Å². The molecule has 0 aliphatic carbocycles. The Kier molecular flexibility index (Phi) is 10.1. The number of aromatic nitrogens is 2. The average Bonchev–Trinajstić information content (AvgIpc) is 3.21. The van der Waals surface area contributed by atoms with E-state index in [0.717, 1.165) is 0 Å². The molecule has 4 atom stereocenters. The second-order valence-corrected chi connectivity index (χ2v) is 6.69. The third-order valence-corrected chi connectivity index (χ3v) is 4.16. The molecule has 1 heterocycles. The molecule has 9 N–H and O–H groups in total. The number of imidazole rings is 1. The van der Waals surface area contributed by atoms with Crippen LogP contribution in [0.25, 0.3) is 0 Å². The number of carboxylic acid groups (broad SMARTS) is 2. The molecule has 0 bridgehead atoms. The SMILES string of the molecule is CC(NC(=O)C(N)Cc1cnc[nH]1)C(=O)NC(CCC(=O)O)C(=O)NC(CO)C(=O)O. The number of nitrogens with two attached hydrogens (primary N) is 1. The maximum atomic E-state index is 12.4. The van der Waals surface area contributed by atoms with E-state index >= 15 is 0 Å². The monoisotopic (exact) mass is 442 g/mol. The Morgan fingerprint density at radius 1 is 1.06 bits per heavy atom. The molecule has 3 amide bonds. The van der Waals surface area contributed by atoms with E-state index in [9.17, 15) is 24.0 Å². The summed E-state index contributed by atoms with van der Waals surface area (Å²) in [5.41, 5.74) is 6.40. The van der Waals surface area contributed by atoms with Crippen molar-refractivity contribution in [2.75, 3.05) is 6.61 Å². The van der Waals surface area contributed by atoms with Crippen LogP contribution < -0.4 is 21.7 Å². The molecular formula is C17H26N6O8. The summed E-state index contributed by atoms with van der Waals surface area (Å²) in [4.78, 5) is 65.2. The average molecular weight is 442 g/mol. The molecular weight excluding hydrogens is 416 g/mol. The van der Waals surface area contributed by atoms with Crippen LogP contribution in [0.5, 0.6) is 0 Å². The normalized spacial score (nSPS) is 14.5. The molecule has 0 aliphatic rings. The number of H-pyrrole nitrogens is 1. The van der Waals surface area contributed by atoms with Crippen LogP contribution in [0, 0.1) is 0 Å². The minimum Gasteiger partial charge on any atom is -0.481 e. The highest BCUT2D eigenvalue weighted by atomic mass is 16.4. The van der Waals surface area contributed by atoms with Gasteiger partial charge in [0.05, 0.1) is 19.0 Å². The third kappa shape index (κ3) is 8.79. The number of amides is 3. The highest BCUT2D eigenvalue weighted by molar-refractivity contribution is 5.94. The van der Waals surface area contributed by atoms with Crippen molar-refractivity contribution >= 4 is 29.7 Å². The standard InChI is InChI=1S/C17H26N6O8/c1-8(21-15(28)10(18)4-9-5-19-7-20-9)14(27)22-11(2-3-13(25)26)16(29)23-12(6-24)17(30)31/h5,7-8,10-12,24H,2-4,6,18H2,1H3,(H,19,20)(H,21,28)(H,22,27)(H,23,29)(H,25,26)(H,30,31). The Morgan fingerprint density at radius 2 is 1.71 bits per heavy atom. The lowest BCUT2D eigenvalue weighted by Crippen LogP contribution is -2.57. The van der Waals surface area contributed by atoms with Gasteiger partial charge in [-0.25, -0.2) is 9.78 Å². The highest BCUT2D eigenvalue weighted by Crippen LogP contribution is 2.02. The minimum absolute atomic E-state index is 0.140. The molecule has 14 nitrogen and oxygen atoms in total. The van der Waals surface area contributed by atoms with Gasteiger partial charge in [-0.2, -0.15) is 0 Å². The maximum Gasteiger partial charge on any atom is 0.328 e. The van der Waals surface area contributed by atoms with Crippen LogP contribution in [-0.2, 0) is 30.4 Å². The quantitative estimate of drug-likeness (QED) is 0.151. The van der Waals surface area contributed by atoms with E-state index in [1.165, 1.54) is 19.4 Å². The lowest BCUT2D eigenvalue weighted by molar-refractivity contribution is -0.144. The first-order chi connectivity index (χ1) is 14.5. The fourth-order valence-electron chi connectivity index (χ4n) is 2.40. The fraction of sp³-hybridized carbons (Fsp3) is 0.529. The minimum atomic E-state index is -1.63. The molecule has 0 aliphatic heterocycles. The molecule has 0 saturated carbocycles. The van der Waals surface area contributed by atoms with Crippen molar-refractivity contribution in [3.8, 4) is 0 Å². The van der Waals surface area contributed by atoms with E-state index in [2.05, 4.69) is 20.6 Å². The molecule has 1 aromatic rings. The molecule has 0 spiro atoms. The lowest BCUT2D eigenvalue weighted by atomic mass is 10.1. The summed E-state index contributed by atoms with van der Waals surface area (Å²) in [7, 11) is 0. The highest BCUT2D eigenvalue weighted by Gasteiger charge is 2.29. The molecule has 0 aromatic carbocycles. The summed E-state index contributed by atoms with van der Waals surface area (Å²) in [6, 6.07) is -5.15. The number of carbonyl (C=O) groups is 5. The van der Waals surface area contributed by atoms with Crippen molar-refractivity contribution in [1.29, 1.82) is 0 Å². The van der Waals surface area contributed by atoms with E-state index in [0.29, 0.717) is 5.69 Å². The molecule has 0 fully saturated rings. The van der Waals surface area contributed by atoms with Crippen LogP contribution in [0.3, 0.4) is 0 Å². The first kappa shape index (κ1) is 25.5. The molecule has 31 heavy (non-hydrogen) atoms. The van der Waals surface area contributed by atoms with Crippen LogP contribution in [0.2, 0.25) is 0 Å². The number of aliphatic hydroxyl groups is 1. The zero-order chi connectivity index (χ0) is 23.6. The zero-order valence-corrected chi connectivity index (χ0v) is 16.7. The van der Waals surface area contributed by atoms with Gasteiger partial charge in [-0.05, 0) is 13.3 Å². The second-order valence-electron chi connectivity index (χ2n) is 6.69. The summed E-state index contributed by atoms with van der Waals surface area (Å²) in [6.45, 7) is 0.428. The van der Waals surface area contributed by atoms with Crippen LogP contribution in [0.4, 0.5) is 0 Å². The lowest BCUT2D eigenvalue weighted by Gasteiger charge is -2.23. The maximum absolute atomic E-state index is 12.4. The Balaban J connectivity index is 2.72. The van der Waals surface area contributed by atoms with Crippen LogP contribution in [0.15, 0.2) is 12.5 Å². The number of nitrogens with one attached hydrogen (secondary N) is 4. The van der Waals surface area contributed by atoms with Crippen molar-refractivity contribution in [3.63, 3.8) is 0 Å². The van der Waals surface area contributed by atoms with Gasteiger partial charge in [-0.1, -0.05) is 0 Å². The van der Waals surface area contributed by atoms with Crippen molar-refractivity contribution < 1.29 is 39.3 Å². The third-order valence-electron chi connectivity index (χ3n) is 4.16.